The molecule has 0 aromatic carbocycles. The first-order chi connectivity index (χ1) is 7.38. The van der Waals surface area contributed by atoms with Gasteiger partial charge in [0, 0.05) is 7.05 Å². The summed E-state index contributed by atoms with van der Waals surface area (Å²) < 4.78 is 5.23. The van der Waals surface area contributed by atoms with E-state index >= 15 is 0 Å². The maximum absolute atomic E-state index is 5.23. The Kier molecular flexibility index (Phi) is 3.64. The molecule has 1 heterocycles. The van der Waals surface area contributed by atoms with Crippen LogP contribution in [-0.2, 0) is 6.42 Å². The Morgan fingerprint density at radius 2 is 2.20 bits per heavy atom. The second-order valence-corrected chi connectivity index (χ2v) is 4.44. The first kappa shape index (κ1) is 10.5. The summed E-state index contributed by atoms with van der Waals surface area (Å²) in [6.07, 6.45) is 11.2. The Labute approximate surface area is 91.3 Å². The number of oxazole rings is 1. The third-order valence-electron chi connectivity index (χ3n) is 3.30. The molecule has 0 atom stereocenters. The van der Waals surface area contributed by atoms with Gasteiger partial charge in [0.1, 0.15) is 6.26 Å². The fourth-order valence-corrected chi connectivity index (χ4v) is 2.36. The van der Waals surface area contributed by atoms with Gasteiger partial charge in [0.25, 0.3) is 6.01 Å². The molecule has 1 aliphatic rings. The van der Waals surface area contributed by atoms with Crippen molar-refractivity contribution >= 4 is 6.01 Å². The largest absolute Gasteiger partial charge is 0.432 e. The molecule has 1 fully saturated rings. The molecule has 1 aromatic heterocycles. The van der Waals surface area contributed by atoms with Gasteiger partial charge < -0.3 is 9.73 Å². The minimum atomic E-state index is 0.633. The fourth-order valence-electron chi connectivity index (χ4n) is 2.36. The van der Waals surface area contributed by atoms with E-state index in [0.717, 1.165) is 18.0 Å². The van der Waals surface area contributed by atoms with Crippen molar-refractivity contribution in [2.45, 2.75) is 44.9 Å². The second kappa shape index (κ2) is 5.19. The van der Waals surface area contributed by atoms with Gasteiger partial charge >= 0.3 is 0 Å². The summed E-state index contributed by atoms with van der Waals surface area (Å²) >= 11 is 0. The molecule has 0 spiro atoms. The van der Waals surface area contributed by atoms with Crippen molar-refractivity contribution in [1.29, 1.82) is 0 Å². The number of nitrogens with one attached hydrogen (secondary N) is 1. The minimum absolute atomic E-state index is 0.633. The summed E-state index contributed by atoms with van der Waals surface area (Å²) in [5.74, 6) is 0.925. The molecule has 15 heavy (non-hydrogen) atoms. The van der Waals surface area contributed by atoms with Gasteiger partial charge in [-0.1, -0.05) is 32.1 Å². The first-order valence-corrected chi connectivity index (χ1v) is 6.00. The van der Waals surface area contributed by atoms with Crippen LogP contribution in [0.25, 0.3) is 0 Å². The molecule has 2 rings (SSSR count). The molecule has 3 nitrogen and oxygen atoms in total. The molecule has 0 radical (unpaired) electrons. The number of rotatable bonds is 4. The molecular weight excluding hydrogens is 188 g/mol. The molecule has 0 saturated heterocycles. The van der Waals surface area contributed by atoms with Crippen LogP contribution in [0.4, 0.5) is 6.01 Å². The molecular formula is C12H20N2O. The van der Waals surface area contributed by atoms with E-state index in [1.807, 2.05) is 7.05 Å². The Morgan fingerprint density at radius 1 is 1.40 bits per heavy atom. The average molecular weight is 208 g/mol. The monoisotopic (exact) mass is 208 g/mol. The Bertz CT molecular complexity index is 290. The topological polar surface area (TPSA) is 38.1 Å². The maximum atomic E-state index is 5.23. The Balaban J connectivity index is 1.76. The van der Waals surface area contributed by atoms with Crippen LogP contribution >= 0.6 is 0 Å². The number of aryl methyl sites for hydroxylation is 1. The highest BCUT2D eigenvalue weighted by molar-refractivity contribution is 5.19. The summed E-state index contributed by atoms with van der Waals surface area (Å²) in [5.41, 5.74) is 1.09. The zero-order valence-corrected chi connectivity index (χ0v) is 9.46. The van der Waals surface area contributed by atoms with Crippen LogP contribution in [0.1, 0.15) is 44.2 Å². The molecule has 0 amide bonds. The normalized spacial score (nSPS) is 17.9. The smallest absolute Gasteiger partial charge is 0.294 e. The van der Waals surface area contributed by atoms with Crippen LogP contribution in [0.5, 0.6) is 0 Å². The zero-order valence-electron chi connectivity index (χ0n) is 9.46. The van der Waals surface area contributed by atoms with Gasteiger partial charge in [-0.15, -0.1) is 0 Å². The van der Waals surface area contributed by atoms with Gasteiger partial charge in [-0.2, -0.15) is 4.98 Å². The van der Waals surface area contributed by atoms with E-state index in [4.69, 9.17) is 4.42 Å². The lowest BCUT2D eigenvalue weighted by Crippen LogP contribution is -2.07. The second-order valence-electron chi connectivity index (χ2n) is 4.44. The lowest BCUT2D eigenvalue weighted by Gasteiger charge is -2.20. The van der Waals surface area contributed by atoms with Crippen molar-refractivity contribution in [1.82, 2.24) is 4.98 Å². The molecule has 84 valence electrons. The quantitative estimate of drug-likeness (QED) is 0.825. The molecule has 1 saturated carbocycles. The van der Waals surface area contributed by atoms with E-state index in [1.54, 1.807) is 6.26 Å². The van der Waals surface area contributed by atoms with Crippen molar-refractivity contribution in [3.05, 3.63) is 12.0 Å². The van der Waals surface area contributed by atoms with E-state index in [-0.39, 0.29) is 0 Å². The van der Waals surface area contributed by atoms with Gasteiger partial charge in [0.2, 0.25) is 0 Å². The SMILES string of the molecule is CNc1nc(CCC2CCCCC2)co1. The summed E-state index contributed by atoms with van der Waals surface area (Å²) in [7, 11) is 1.83. The highest BCUT2D eigenvalue weighted by Crippen LogP contribution is 2.27. The van der Waals surface area contributed by atoms with Crippen LogP contribution in [0, 0.1) is 5.92 Å². The van der Waals surface area contributed by atoms with Gasteiger partial charge in [-0.25, -0.2) is 0 Å². The lowest BCUT2D eigenvalue weighted by atomic mass is 9.86. The van der Waals surface area contributed by atoms with Crippen molar-refractivity contribution in [2.24, 2.45) is 5.92 Å². The van der Waals surface area contributed by atoms with Crippen LogP contribution in [0.3, 0.4) is 0 Å². The molecule has 0 aliphatic heterocycles. The predicted molar refractivity (Wildman–Crippen MR) is 60.9 cm³/mol. The Morgan fingerprint density at radius 3 is 2.87 bits per heavy atom. The van der Waals surface area contributed by atoms with Crippen LogP contribution < -0.4 is 5.32 Å². The number of anilines is 1. The summed E-state index contributed by atoms with van der Waals surface area (Å²) in [6, 6.07) is 0.633. The van der Waals surface area contributed by atoms with Gasteiger partial charge in [0.05, 0.1) is 5.69 Å². The van der Waals surface area contributed by atoms with Gasteiger partial charge in [0.15, 0.2) is 0 Å². The first-order valence-electron chi connectivity index (χ1n) is 6.00. The fraction of sp³-hybridized carbons (Fsp3) is 0.750. The minimum Gasteiger partial charge on any atom is -0.432 e. The zero-order chi connectivity index (χ0) is 10.5. The van der Waals surface area contributed by atoms with Crippen molar-refractivity contribution in [3.8, 4) is 0 Å². The van der Waals surface area contributed by atoms with Crippen LogP contribution in [0.2, 0.25) is 0 Å². The third-order valence-corrected chi connectivity index (χ3v) is 3.30. The molecule has 1 aromatic rings. The number of hydrogen-bond donors (Lipinski definition) is 1. The highest BCUT2D eigenvalue weighted by Gasteiger charge is 2.14. The maximum Gasteiger partial charge on any atom is 0.294 e. The molecule has 1 aliphatic carbocycles. The molecule has 1 N–H and O–H groups in total. The molecule has 0 unspecified atom stereocenters. The predicted octanol–water partition coefficient (Wildman–Crippen LogP) is 3.23. The van der Waals surface area contributed by atoms with Gasteiger partial charge in [-0.3, -0.25) is 0 Å². The summed E-state index contributed by atoms with van der Waals surface area (Å²) in [5, 5.41) is 2.91. The number of hydrogen-bond acceptors (Lipinski definition) is 3. The third kappa shape index (κ3) is 2.98. The van der Waals surface area contributed by atoms with Crippen molar-refractivity contribution in [3.63, 3.8) is 0 Å². The summed E-state index contributed by atoms with van der Waals surface area (Å²) in [6.45, 7) is 0. The number of nitrogens with zero attached hydrogens (tertiary/aromatic N) is 1. The highest BCUT2D eigenvalue weighted by atomic mass is 16.4. The van der Waals surface area contributed by atoms with E-state index in [1.165, 1.54) is 38.5 Å². The number of aromatic nitrogens is 1. The van der Waals surface area contributed by atoms with Crippen LogP contribution in [-0.4, -0.2) is 12.0 Å². The Hall–Kier alpha value is -0.990. The van der Waals surface area contributed by atoms with Crippen LogP contribution in [0.15, 0.2) is 10.7 Å². The van der Waals surface area contributed by atoms with E-state index < -0.39 is 0 Å². The lowest BCUT2D eigenvalue weighted by molar-refractivity contribution is 0.338. The van der Waals surface area contributed by atoms with Crippen molar-refractivity contribution in [2.75, 3.05) is 12.4 Å². The van der Waals surface area contributed by atoms with E-state index in [2.05, 4.69) is 10.3 Å². The van der Waals surface area contributed by atoms with E-state index in [9.17, 15) is 0 Å². The summed E-state index contributed by atoms with van der Waals surface area (Å²) in [4.78, 5) is 4.34. The average Bonchev–Trinajstić information content (AvgIpc) is 2.76. The standard InChI is InChI=1S/C12H20N2O/c1-13-12-14-11(9-15-12)8-7-10-5-3-2-4-6-10/h9-10H,2-8H2,1H3,(H,13,14). The molecule has 3 heteroatoms. The van der Waals surface area contributed by atoms with Crippen molar-refractivity contribution < 1.29 is 4.42 Å². The molecule has 0 bridgehead atoms. The van der Waals surface area contributed by atoms with E-state index in [0.29, 0.717) is 6.01 Å². The van der Waals surface area contributed by atoms with Gasteiger partial charge in [-0.05, 0) is 18.8 Å².